The van der Waals surface area contributed by atoms with Crippen molar-refractivity contribution in [2.75, 3.05) is 25.3 Å². The van der Waals surface area contributed by atoms with Crippen LogP contribution < -0.4 is 20.5 Å². The third kappa shape index (κ3) is 3.53. The number of benzene rings is 2. The summed E-state index contributed by atoms with van der Waals surface area (Å²) in [5.74, 6) is 0.628. The fourth-order valence-electron chi connectivity index (χ4n) is 4.69. The normalized spacial score (nSPS) is 19.2. The maximum absolute atomic E-state index is 13.5. The van der Waals surface area contributed by atoms with Crippen molar-refractivity contribution in [3.05, 3.63) is 70.4 Å². The predicted octanol–water partition coefficient (Wildman–Crippen LogP) is 2.99. The second kappa shape index (κ2) is 8.22. The van der Waals surface area contributed by atoms with Crippen molar-refractivity contribution < 1.29 is 24.2 Å². The number of anilines is 2. The quantitative estimate of drug-likeness (QED) is 0.523. The molecule has 0 saturated carbocycles. The van der Waals surface area contributed by atoms with E-state index in [9.17, 15) is 14.7 Å². The Morgan fingerprint density at radius 1 is 1.09 bits per heavy atom. The van der Waals surface area contributed by atoms with Gasteiger partial charge in [-0.2, -0.15) is 4.98 Å². The molecule has 10 heteroatoms. The molecular formula is C24H23N5O5. The molecule has 2 aromatic carbocycles. The van der Waals surface area contributed by atoms with Crippen LogP contribution in [0, 0.1) is 0 Å². The van der Waals surface area contributed by atoms with Crippen LogP contribution in [0.1, 0.15) is 46.3 Å². The van der Waals surface area contributed by atoms with Crippen molar-refractivity contribution >= 4 is 23.6 Å². The molecule has 1 aromatic heterocycles. The van der Waals surface area contributed by atoms with E-state index in [1.165, 1.54) is 12.1 Å². The number of fused-ring (bicyclic) bond motifs is 1. The highest BCUT2D eigenvalue weighted by Crippen LogP contribution is 2.45. The molecule has 0 fully saturated rings. The number of hydrogen-bond acceptors (Lipinski definition) is 8. The van der Waals surface area contributed by atoms with E-state index in [4.69, 9.17) is 15.2 Å². The van der Waals surface area contributed by atoms with Crippen molar-refractivity contribution in [2.45, 2.75) is 24.8 Å². The number of carbonyl (C=O) groups excluding carboxylic acids is 1. The van der Waals surface area contributed by atoms with Crippen LogP contribution in [0.4, 0.5) is 11.9 Å². The number of ketones is 1. The van der Waals surface area contributed by atoms with Crippen LogP contribution in [0.2, 0.25) is 0 Å². The summed E-state index contributed by atoms with van der Waals surface area (Å²) in [5.41, 5.74) is 9.06. The molecule has 0 radical (unpaired) electrons. The first-order valence-electron chi connectivity index (χ1n) is 10.7. The van der Waals surface area contributed by atoms with Gasteiger partial charge in [0, 0.05) is 17.7 Å². The summed E-state index contributed by atoms with van der Waals surface area (Å²) in [4.78, 5) is 29.1. The fourth-order valence-corrected chi connectivity index (χ4v) is 4.69. The lowest BCUT2D eigenvalue weighted by molar-refractivity contribution is -0.116. The third-order valence-corrected chi connectivity index (χ3v) is 6.29. The maximum atomic E-state index is 13.5. The SMILES string of the molecule is COc1ccc([C@H]2CC(=O)C3=C(C2)Nc2nc(N)nn2[C@@H]3c2ccc(C(=O)O)cc2)cc1OC. The predicted molar refractivity (Wildman–Crippen MR) is 123 cm³/mol. The summed E-state index contributed by atoms with van der Waals surface area (Å²) < 4.78 is 12.4. The number of Topliss-reactive ketones (excluding diaryl/α,β-unsaturated/α-hetero) is 1. The van der Waals surface area contributed by atoms with Crippen LogP contribution in [-0.2, 0) is 4.79 Å². The number of allylic oxidation sites excluding steroid dienone is 2. The number of carboxylic acid groups (broad SMARTS) is 1. The van der Waals surface area contributed by atoms with E-state index in [2.05, 4.69) is 15.4 Å². The minimum absolute atomic E-state index is 0.0273. The average molecular weight is 461 g/mol. The largest absolute Gasteiger partial charge is 0.493 e. The van der Waals surface area contributed by atoms with Crippen LogP contribution >= 0.6 is 0 Å². The Morgan fingerprint density at radius 3 is 2.47 bits per heavy atom. The monoisotopic (exact) mass is 461 g/mol. The van der Waals surface area contributed by atoms with E-state index in [-0.39, 0.29) is 23.2 Å². The number of hydrogen-bond donors (Lipinski definition) is 3. The number of nitrogens with one attached hydrogen (secondary N) is 1. The van der Waals surface area contributed by atoms with E-state index in [1.54, 1.807) is 31.0 Å². The Bertz CT molecular complexity index is 1330. The van der Waals surface area contributed by atoms with Gasteiger partial charge in [0.05, 0.1) is 19.8 Å². The summed E-state index contributed by atoms with van der Waals surface area (Å²) in [6, 6.07) is 11.5. The first kappa shape index (κ1) is 21.5. The van der Waals surface area contributed by atoms with Gasteiger partial charge in [0.2, 0.25) is 11.9 Å². The molecule has 0 saturated heterocycles. The van der Waals surface area contributed by atoms with Crippen molar-refractivity contribution in [1.29, 1.82) is 0 Å². The Morgan fingerprint density at radius 2 is 1.79 bits per heavy atom. The molecule has 0 amide bonds. The lowest BCUT2D eigenvalue weighted by Gasteiger charge is -2.35. The van der Waals surface area contributed by atoms with Gasteiger partial charge in [-0.15, -0.1) is 5.10 Å². The van der Waals surface area contributed by atoms with Crippen molar-refractivity contribution in [2.24, 2.45) is 0 Å². The standard InChI is InChI=1S/C24H23N5O5/c1-33-18-8-7-14(11-19(18)34-2)15-9-16-20(17(30)10-15)21(29-24(26-16)27-23(25)28-29)12-3-5-13(6-4-12)22(31)32/h3-8,11,15,21H,9-10H2,1-2H3,(H,31,32)(H3,25,26,27,28)/t15-,21-/m1/s1. The Hall–Kier alpha value is -4.34. The number of nitrogen functional groups attached to an aromatic ring is 1. The molecule has 4 N–H and O–H groups in total. The topological polar surface area (TPSA) is 142 Å². The number of nitrogens with zero attached hydrogens (tertiary/aromatic N) is 3. The second-order valence-corrected chi connectivity index (χ2v) is 8.23. The van der Waals surface area contributed by atoms with E-state index in [1.807, 2.05) is 18.2 Å². The zero-order valence-corrected chi connectivity index (χ0v) is 18.6. The highest BCUT2D eigenvalue weighted by molar-refractivity contribution is 6.00. The molecule has 1 aliphatic heterocycles. The zero-order chi connectivity index (χ0) is 24.0. The molecule has 10 nitrogen and oxygen atoms in total. The zero-order valence-electron chi connectivity index (χ0n) is 18.6. The molecule has 1 aliphatic carbocycles. The number of aromatic carboxylic acids is 1. The van der Waals surface area contributed by atoms with Gasteiger partial charge in [0.1, 0.15) is 6.04 Å². The van der Waals surface area contributed by atoms with E-state index >= 15 is 0 Å². The van der Waals surface area contributed by atoms with Crippen LogP contribution in [0.5, 0.6) is 11.5 Å². The van der Waals surface area contributed by atoms with Gasteiger partial charge in [-0.25, -0.2) is 9.48 Å². The number of aromatic nitrogens is 3. The van der Waals surface area contributed by atoms with Gasteiger partial charge in [-0.05, 0) is 47.7 Å². The van der Waals surface area contributed by atoms with Gasteiger partial charge in [-0.1, -0.05) is 18.2 Å². The van der Waals surface area contributed by atoms with Crippen molar-refractivity contribution in [1.82, 2.24) is 14.8 Å². The smallest absolute Gasteiger partial charge is 0.335 e. The fraction of sp³-hybridized carbons (Fsp3) is 0.250. The molecule has 2 heterocycles. The maximum Gasteiger partial charge on any atom is 0.335 e. The number of nitrogens with two attached hydrogens (primary N) is 1. The van der Waals surface area contributed by atoms with Crippen LogP contribution in [-0.4, -0.2) is 45.8 Å². The van der Waals surface area contributed by atoms with Crippen molar-refractivity contribution in [3.63, 3.8) is 0 Å². The second-order valence-electron chi connectivity index (χ2n) is 8.23. The molecule has 0 unspecified atom stereocenters. The van der Waals surface area contributed by atoms with Gasteiger partial charge in [-0.3, -0.25) is 4.79 Å². The lowest BCUT2D eigenvalue weighted by Crippen LogP contribution is -2.33. The molecule has 0 spiro atoms. The summed E-state index contributed by atoms with van der Waals surface area (Å²) >= 11 is 0. The highest BCUT2D eigenvalue weighted by Gasteiger charge is 2.39. The van der Waals surface area contributed by atoms with Gasteiger partial charge in [0.25, 0.3) is 0 Å². The van der Waals surface area contributed by atoms with Crippen LogP contribution in [0.3, 0.4) is 0 Å². The first-order chi connectivity index (χ1) is 16.4. The molecule has 2 atom stereocenters. The number of carboxylic acids is 1. The van der Waals surface area contributed by atoms with Gasteiger partial charge < -0.3 is 25.6 Å². The lowest BCUT2D eigenvalue weighted by atomic mass is 9.78. The van der Waals surface area contributed by atoms with E-state index in [0.717, 1.165) is 16.8 Å². The van der Waals surface area contributed by atoms with Crippen molar-refractivity contribution in [3.8, 4) is 11.5 Å². The molecule has 0 bridgehead atoms. The van der Waals surface area contributed by atoms with E-state index in [0.29, 0.717) is 35.9 Å². The Balaban J connectivity index is 1.56. The van der Waals surface area contributed by atoms with Crippen LogP contribution in [0.15, 0.2) is 53.7 Å². The van der Waals surface area contributed by atoms with Crippen LogP contribution in [0.25, 0.3) is 0 Å². The third-order valence-electron chi connectivity index (χ3n) is 6.29. The summed E-state index contributed by atoms with van der Waals surface area (Å²) in [5, 5.41) is 16.8. The Labute approximate surface area is 195 Å². The average Bonchev–Trinajstić information content (AvgIpc) is 3.21. The molecule has 2 aliphatic rings. The summed E-state index contributed by atoms with van der Waals surface area (Å²) in [6.45, 7) is 0. The Kier molecular flexibility index (Phi) is 5.20. The van der Waals surface area contributed by atoms with Gasteiger partial charge in [0.15, 0.2) is 17.3 Å². The van der Waals surface area contributed by atoms with Gasteiger partial charge >= 0.3 is 5.97 Å². The minimum Gasteiger partial charge on any atom is -0.493 e. The molecule has 3 aromatic rings. The van der Waals surface area contributed by atoms with E-state index < -0.39 is 12.0 Å². The number of ether oxygens (including phenoxy) is 2. The number of carbonyl (C=O) groups is 2. The summed E-state index contributed by atoms with van der Waals surface area (Å²) in [6.07, 6.45) is 0.881. The first-order valence-corrected chi connectivity index (χ1v) is 10.7. The number of methoxy groups -OCH3 is 2. The molecular weight excluding hydrogens is 438 g/mol. The minimum atomic E-state index is -1.02. The molecule has 34 heavy (non-hydrogen) atoms. The molecule has 174 valence electrons. The highest BCUT2D eigenvalue weighted by atomic mass is 16.5. The molecule has 5 rings (SSSR count). The number of rotatable bonds is 5. The summed E-state index contributed by atoms with van der Waals surface area (Å²) in [7, 11) is 3.16.